The van der Waals surface area contributed by atoms with E-state index in [1.807, 2.05) is 62.4 Å². The Labute approximate surface area is 228 Å². The predicted molar refractivity (Wildman–Crippen MR) is 150 cm³/mol. The van der Waals surface area contributed by atoms with Gasteiger partial charge in [-0.25, -0.2) is 0 Å². The molecule has 3 fully saturated rings. The number of hydrogen-bond donors (Lipinski definition) is 3. The number of para-hydroxylation sites is 1. The molecule has 3 amide bonds. The Morgan fingerprint density at radius 2 is 1.76 bits per heavy atom. The number of nitrogens with one attached hydrogen (secondary N) is 2. The zero-order valence-corrected chi connectivity index (χ0v) is 23.1. The van der Waals surface area contributed by atoms with Crippen LogP contribution in [-0.2, 0) is 20.9 Å². The van der Waals surface area contributed by atoms with E-state index < -0.39 is 22.6 Å². The van der Waals surface area contributed by atoms with Crippen molar-refractivity contribution in [3.63, 3.8) is 0 Å². The predicted octanol–water partition coefficient (Wildman–Crippen LogP) is 3.67. The molecule has 0 saturated carbocycles. The number of amides is 3. The number of benzene rings is 2. The summed E-state index contributed by atoms with van der Waals surface area (Å²) in [5, 5.41) is 15.6. The molecule has 7 nitrogen and oxygen atoms in total. The Kier molecular flexibility index (Phi) is 7.56. The molecule has 3 heterocycles. The number of nitrogens with zero attached hydrogens (tertiary/aromatic N) is 1. The van der Waals surface area contributed by atoms with Gasteiger partial charge in [0.15, 0.2) is 0 Å². The van der Waals surface area contributed by atoms with Crippen molar-refractivity contribution < 1.29 is 19.5 Å². The standard InChI is InChI=1S/C30H37N3O4S/c1-18-10-9-11-19(2)25(18)32-28(36)26-30-20(3)16-22(38-30)23(24(30)29(37)33(26)14-7-8-15-34)27(35)31-17-21-12-5-4-6-13-21/h4-6,9-13,20,22-24,26,34H,7-8,14-17H2,1-3H3,(H,31,35)(H,32,36)/t20?,22-,23+,24+,26?,30?/m1/s1. The van der Waals surface area contributed by atoms with E-state index in [0.717, 1.165) is 28.8 Å². The number of fused-ring (bicyclic) bond motifs is 1. The van der Waals surface area contributed by atoms with E-state index >= 15 is 0 Å². The molecule has 3 saturated heterocycles. The average Bonchev–Trinajstić information content (AvgIpc) is 3.49. The molecule has 1 spiro atoms. The van der Waals surface area contributed by atoms with Gasteiger partial charge in [-0.2, -0.15) is 0 Å². The van der Waals surface area contributed by atoms with Crippen LogP contribution in [0.5, 0.6) is 0 Å². The van der Waals surface area contributed by atoms with Crippen LogP contribution in [0.4, 0.5) is 5.69 Å². The van der Waals surface area contributed by atoms with Gasteiger partial charge in [-0.1, -0.05) is 55.5 Å². The molecule has 3 aliphatic heterocycles. The smallest absolute Gasteiger partial charge is 0.248 e. The summed E-state index contributed by atoms with van der Waals surface area (Å²) in [5.41, 5.74) is 3.73. The summed E-state index contributed by atoms with van der Waals surface area (Å²) < 4.78 is -0.656. The third-order valence-electron chi connectivity index (χ3n) is 8.64. The number of likely N-dealkylation sites (tertiary alicyclic amines) is 1. The summed E-state index contributed by atoms with van der Waals surface area (Å²) in [4.78, 5) is 43.5. The molecule has 2 bridgehead atoms. The van der Waals surface area contributed by atoms with E-state index in [2.05, 4.69) is 17.6 Å². The number of aliphatic hydroxyl groups is 1. The molecule has 8 heteroatoms. The van der Waals surface area contributed by atoms with Crippen molar-refractivity contribution >= 4 is 35.2 Å². The Hall–Kier alpha value is -2.84. The van der Waals surface area contributed by atoms with E-state index in [-0.39, 0.29) is 35.5 Å². The lowest BCUT2D eigenvalue weighted by atomic mass is 9.66. The Morgan fingerprint density at radius 3 is 2.45 bits per heavy atom. The largest absolute Gasteiger partial charge is 0.396 e. The second-order valence-electron chi connectivity index (χ2n) is 11.0. The second kappa shape index (κ2) is 10.7. The molecule has 3 aliphatic rings. The number of aryl methyl sites for hydroxylation is 2. The summed E-state index contributed by atoms with van der Waals surface area (Å²) in [7, 11) is 0. The molecular formula is C30H37N3O4S. The average molecular weight is 536 g/mol. The first-order chi connectivity index (χ1) is 18.3. The molecule has 3 unspecified atom stereocenters. The third-order valence-corrected chi connectivity index (χ3v) is 10.7. The van der Waals surface area contributed by atoms with Gasteiger partial charge in [-0.15, -0.1) is 11.8 Å². The van der Waals surface area contributed by atoms with Crippen LogP contribution >= 0.6 is 11.8 Å². The summed E-state index contributed by atoms with van der Waals surface area (Å²) in [6.45, 7) is 6.89. The van der Waals surface area contributed by atoms with E-state index in [1.54, 1.807) is 16.7 Å². The van der Waals surface area contributed by atoms with Crippen molar-refractivity contribution in [1.82, 2.24) is 10.2 Å². The maximum atomic E-state index is 14.1. The molecule has 38 heavy (non-hydrogen) atoms. The molecular weight excluding hydrogens is 498 g/mol. The van der Waals surface area contributed by atoms with Gasteiger partial charge in [-0.3, -0.25) is 14.4 Å². The number of anilines is 1. The first kappa shape index (κ1) is 26.8. The van der Waals surface area contributed by atoms with Crippen LogP contribution in [0.3, 0.4) is 0 Å². The Morgan fingerprint density at radius 1 is 1.05 bits per heavy atom. The van der Waals surface area contributed by atoms with Crippen molar-refractivity contribution in [3.05, 3.63) is 65.2 Å². The van der Waals surface area contributed by atoms with Crippen LogP contribution in [0.2, 0.25) is 0 Å². The first-order valence-corrected chi connectivity index (χ1v) is 14.5. The fourth-order valence-electron chi connectivity index (χ4n) is 6.86. The monoisotopic (exact) mass is 535 g/mol. The van der Waals surface area contributed by atoms with E-state index in [1.165, 1.54) is 0 Å². The Balaban J connectivity index is 1.46. The summed E-state index contributed by atoms with van der Waals surface area (Å²) in [6.07, 6.45) is 1.96. The second-order valence-corrected chi connectivity index (χ2v) is 12.5. The summed E-state index contributed by atoms with van der Waals surface area (Å²) in [6, 6.07) is 15.0. The normalized spacial score (nSPS) is 29.4. The first-order valence-electron chi connectivity index (χ1n) is 13.6. The molecule has 202 valence electrons. The molecule has 0 aromatic heterocycles. The molecule has 0 radical (unpaired) electrons. The van der Waals surface area contributed by atoms with Gasteiger partial charge in [-0.05, 0) is 55.7 Å². The van der Waals surface area contributed by atoms with Crippen molar-refractivity contribution in [3.8, 4) is 0 Å². The number of unbranched alkanes of at least 4 members (excludes halogenated alkanes) is 1. The number of carbonyl (C=O) groups is 3. The number of thioether (sulfide) groups is 1. The lowest BCUT2D eigenvalue weighted by Gasteiger charge is -2.38. The van der Waals surface area contributed by atoms with Gasteiger partial charge in [0.1, 0.15) is 6.04 Å². The van der Waals surface area contributed by atoms with Crippen LogP contribution in [0.25, 0.3) is 0 Å². The highest BCUT2D eigenvalue weighted by Crippen LogP contribution is 2.68. The summed E-state index contributed by atoms with van der Waals surface area (Å²) >= 11 is 1.68. The zero-order valence-electron chi connectivity index (χ0n) is 22.3. The number of rotatable bonds is 9. The van der Waals surface area contributed by atoms with Crippen LogP contribution in [0.15, 0.2) is 48.5 Å². The van der Waals surface area contributed by atoms with Gasteiger partial charge in [0, 0.05) is 30.6 Å². The van der Waals surface area contributed by atoms with Crippen LogP contribution in [0.1, 0.15) is 42.9 Å². The van der Waals surface area contributed by atoms with Gasteiger partial charge in [0.25, 0.3) is 0 Å². The highest BCUT2D eigenvalue weighted by Gasteiger charge is 2.75. The van der Waals surface area contributed by atoms with Gasteiger partial charge in [0.05, 0.1) is 16.6 Å². The van der Waals surface area contributed by atoms with Gasteiger partial charge >= 0.3 is 0 Å². The molecule has 6 atom stereocenters. The van der Waals surface area contributed by atoms with Crippen LogP contribution in [0, 0.1) is 31.6 Å². The van der Waals surface area contributed by atoms with E-state index in [9.17, 15) is 19.5 Å². The molecule has 0 aliphatic carbocycles. The highest BCUT2D eigenvalue weighted by atomic mass is 32.2. The molecule has 3 N–H and O–H groups in total. The molecule has 2 aromatic rings. The number of carbonyl (C=O) groups excluding carboxylic acids is 3. The Bertz CT molecular complexity index is 1200. The van der Waals surface area contributed by atoms with Crippen LogP contribution < -0.4 is 10.6 Å². The number of hydrogen-bond acceptors (Lipinski definition) is 5. The fraction of sp³-hybridized carbons (Fsp3) is 0.500. The van der Waals surface area contributed by atoms with Gasteiger partial charge < -0.3 is 20.6 Å². The minimum absolute atomic E-state index is 0.00446. The topological polar surface area (TPSA) is 98.7 Å². The van der Waals surface area contributed by atoms with Crippen molar-refractivity contribution in [2.45, 2.75) is 62.6 Å². The lowest BCUT2D eigenvalue weighted by molar-refractivity contribution is -0.139. The van der Waals surface area contributed by atoms with Crippen molar-refractivity contribution in [2.75, 3.05) is 18.5 Å². The highest BCUT2D eigenvalue weighted by molar-refractivity contribution is 8.02. The van der Waals surface area contributed by atoms with Crippen molar-refractivity contribution in [2.24, 2.45) is 17.8 Å². The molecule has 2 aromatic carbocycles. The quantitative estimate of drug-likeness (QED) is 0.426. The lowest BCUT2D eigenvalue weighted by Crippen LogP contribution is -2.55. The minimum atomic E-state index is -0.672. The summed E-state index contributed by atoms with van der Waals surface area (Å²) in [5.74, 6) is -1.30. The van der Waals surface area contributed by atoms with E-state index in [0.29, 0.717) is 25.9 Å². The SMILES string of the molecule is Cc1cccc(C)c1NC(=O)C1N(CCCCO)C(=O)[C@@H]2[C@@H](C(=O)NCc3ccccc3)[C@H]3CC(C)C12S3. The van der Waals surface area contributed by atoms with E-state index in [4.69, 9.17) is 0 Å². The number of aliphatic hydroxyl groups excluding tert-OH is 1. The molecule has 5 rings (SSSR count). The maximum absolute atomic E-state index is 14.1. The third kappa shape index (κ3) is 4.41. The van der Waals surface area contributed by atoms with Crippen LogP contribution in [-0.4, -0.2) is 56.9 Å². The van der Waals surface area contributed by atoms with Gasteiger partial charge in [0.2, 0.25) is 17.7 Å². The fourth-order valence-corrected chi connectivity index (χ4v) is 9.28. The zero-order chi connectivity index (χ0) is 27.0. The maximum Gasteiger partial charge on any atom is 0.248 e. The van der Waals surface area contributed by atoms with Crippen molar-refractivity contribution in [1.29, 1.82) is 0 Å². The minimum Gasteiger partial charge on any atom is -0.396 e.